The largest absolute Gasteiger partial charge is 0.493 e. The zero-order valence-electron chi connectivity index (χ0n) is 17.5. The van der Waals surface area contributed by atoms with Crippen molar-refractivity contribution in [1.82, 2.24) is 15.5 Å². The lowest BCUT2D eigenvalue weighted by molar-refractivity contribution is 0.167. The third-order valence-corrected chi connectivity index (χ3v) is 4.82. The summed E-state index contributed by atoms with van der Waals surface area (Å²) >= 11 is 0. The van der Waals surface area contributed by atoms with E-state index >= 15 is 0 Å². The molecule has 2 rings (SSSR count). The van der Waals surface area contributed by atoms with Gasteiger partial charge in [-0.25, -0.2) is 0 Å². The van der Waals surface area contributed by atoms with Gasteiger partial charge in [-0.3, -0.25) is 4.99 Å². The van der Waals surface area contributed by atoms with Crippen LogP contribution in [0.25, 0.3) is 0 Å². The van der Waals surface area contributed by atoms with Gasteiger partial charge in [0.25, 0.3) is 0 Å². The van der Waals surface area contributed by atoms with Gasteiger partial charge in [-0.1, -0.05) is 32.0 Å². The number of halogens is 1. The summed E-state index contributed by atoms with van der Waals surface area (Å²) in [6, 6.07) is 9.35. The maximum absolute atomic E-state index is 5.94. The summed E-state index contributed by atoms with van der Waals surface area (Å²) in [7, 11) is 1.83. The highest BCUT2D eigenvalue weighted by Gasteiger charge is 2.21. The molecule has 0 unspecified atom stereocenters. The minimum atomic E-state index is 0. The third-order valence-electron chi connectivity index (χ3n) is 4.82. The Kier molecular flexibility index (Phi) is 11.1. The van der Waals surface area contributed by atoms with Gasteiger partial charge in [0, 0.05) is 44.3 Å². The SMILES string of the molecule is CN=C(NCc1ccccc1OCC(C)C)NC1CCN(C(C)C)CC1.I. The number of likely N-dealkylation sites (tertiary alicyclic amines) is 1. The van der Waals surface area contributed by atoms with Crippen molar-refractivity contribution in [3.05, 3.63) is 29.8 Å². The van der Waals surface area contributed by atoms with E-state index in [4.69, 9.17) is 4.74 Å². The quantitative estimate of drug-likeness (QED) is 0.348. The molecule has 1 saturated heterocycles. The van der Waals surface area contributed by atoms with Gasteiger partial charge in [-0.2, -0.15) is 0 Å². The summed E-state index contributed by atoms with van der Waals surface area (Å²) < 4.78 is 5.94. The summed E-state index contributed by atoms with van der Waals surface area (Å²) in [5.74, 6) is 2.34. The molecule has 0 bridgehead atoms. The molecule has 1 heterocycles. The van der Waals surface area contributed by atoms with Gasteiger partial charge in [-0.15, -0.1) is 24.0 Å². The average molecular weight is 488 g/mol. The first-order chi connectivity index (χ1) is 12.5. The van der Waals surface area contributed by atoms with E-state index in [1.807, 2.05) is 19.2 Å². The number of guanidine groups is 1. The van der Waals surface area contributed by atoms with E-state index in [1.54, 1.807) is 0 Å². The van der Waals surface area contributed by atoms with E-state index < -0.39 is 0 Å². The summed E-state index contributed by atoms with van der Waals surface area (Å²) in [4.78, 5) is 6.93. The molecule has 0 saturated carbocycles. The van der Waals surface area contributed by atoms with Gasteiger partial charge in [0.1, 0.15) is 5.75 Å². The Morgan fingerprint density at radius 2 is 1.85 bits per heavy atom. The lowest BCUT2D eigenvalue weighted by atomic mass is 10.0. The smallest absolute Gasteiger partial charge is 0.191 e. The van der Waals surface area contributed by atoms with E-state index in [0.29, 0.717) is 24.5 Å². The number of benzene rings is 1. The monoisotopic (exact) mass is 488 g/mol. The second-order valence-corrected chi connectivity index (χ2v) is 7.79. The maximum Gasteiger partial charge on any atom is 0.191 e. The van der Waals surface area contributed by atoms with Crippen molar-refractivity contribution in [3.8, 4) is 5.75 Å². The van der Waals surface area contributed by atoms with Gasteiger partial charge < -0.3 is 20.3 Å². The number of hydrogen-bond acceptors (Lipinski definition) is 3. The molecule has 2 N–H and O–H groups in total. The van der Waals surface area contributed by atoms with E-state index in [0.717, 1.165) is 49.8 Å². The zero-order chi connectivity index (χ0) is 18.9. The number of para-hydroxylation sites is 1. The molecule has 0 amide bonds. The lowest BCUT2D eigenvalue weighted by Crippen LogP contribution is -2.49. The summed E-state index contributed by atoms with van der Waals surface area (Å²) in [5.41, 5.74) is 1.16. The molecule has 27 heavy (non-hydrogen) atoms. The van der Waals surface area contributed by atoms with Crippen molar-refractivity contribution >= 4 is 29.9 Å². The van der Waals surface area contributed by atoms with Crippen LogP contribution in [0.3, 0.4) is 0 Å². The molecule has 1 aromatic carbocycles. The first-order valence-electron chi connectivity index (χ1n) is 9.91. The Labute approximate surface area is 182 Å². The fourth-order valence-corrected chi connectivity index (χ4v) is 3.17. The highest BCUT2D eigenvalue weighted by atomic mass is 127. The zero-order valence-corrected chi connectivity index (χ0v) is 19.8. The third kappa shape index (κ3) is 8.25. The standard InChI is InChI=1S/C21H36N4O.HI/c1-16(2)15-26-20-9-7-6-8-18(20)14-23-21(22-5)24-19-10-12-25(13-11-19)17(3)4;/h6-9,16-17,19H,10-15H2,1-5H3,(H2,22,23,24);1H. The Bertz CT molecular complexity index is 569. The molecular formula is C21H37IN4O. The Morgan fingerprint density at radius 1 is 1.19 bits per heavy atom. The second-order valence-electron chi connectivity index (χ2n) is 7.79. The highest BCUT2D eigenvalue weighted by molar-refractivity contribution is 14.0. The number of rotatable bonds is 7. The van der Waals surface area contributed by atoms with Crippen molar-refractivity contribution in [3.63, 3.8) is 0 Å². The Morgan fingerprint density at radius 3 is 2.44 bits per heavy atom. The number of ether oxygens (including phenoxy) is 1. The average Bonchev–Trinajstić information content (AvgIpc) is 2.64. The predicted octanol–water partition coefficient (Wildman–Crippen LogP) is 3.88. The molecule has 0 atom stereocenters. The van der Waals surface area contributed by atoms with Crippen LogP contribution in [0, 0.1) is 5.92 Å². The van der Waals surface area contributed by atoms with Gasteiger partial charge in [0.15, 0.2) is 5.96 Å². The predicted molar refractivity (Wildman–Crippen MR) is 125 cm³/mol. The molecular weight excluding hydrogens is 451 g/mol. The van der Waals surface area contributed by atoms with Crippen LogP contribution >= 0.6 is 24.0 Å². The van der Waals surface area contributed by atoms with E-state index in [2.05, 4.69) is 60.4 Å². The molecule has 1 aromatic rings. The van der Waals surface area contributed by atoms with E-state index in [1.165, 1.54) is 0 Å². The molecule has 5 nitrogen and oxygen atoms in total. The second kappa shape index (κ2) is 12.4. The molecule has 1 aliphatic heterocycles. The van der Waals surface area contributed by atoms with Gasteiger partial charge >= 0.3 is 0 Å². The van der Waals surface area contributed by atoms with E-state index in [-0.39, 0.29) is 24.0 Å². The van der Waals surface area contributed by atoms with Crippen molar-refractivity contribution in [2.24, 2.45) is 10.9 Å². The summed E-state index contributed by atoms with van der Waals surface area (Å²) in [6.07, 6.45) is 2.32. The Balaban J connectivity index is 0.00000364. The van der Waals surface area contributed by atoms with Gasteiger partial charge in [-0.05, 0) is 38.7 Å². The number of nitrogens with one attached hydrogen (secondary N) is 2. The summed E-state index contributed by atoms with van der Waals surface area (Å²) in [5, 5.41) is 7.02. The lowest BCUT2D eigenvalue weighted by Gasteiger charge is -2.35. The molecule has 154 valence electrons. The molecule has 6 heteroatoms. The van der Waals surface area contributed by atoms with Crippen LogP contribution in [0.1, 0.15) is 46.1 Å². The van der Waals surface area contributed by atoms with Gasteiger partial charge in [0.2, 0.25) is 0 Å². The minimum absolute atomic E-state index is 0. The summed E-state index contributed by atoms with van der Waals surface area (Å²) in [6.45, 7) is 12.6. The number of piperidine rings is 1. The normalized spacial score (nSPS) is 16.3. The fraction of sp³-hybridized carbons (Fsp3) is 0.667. The Hall–Kier alpha value is -1.02. The van der Waals surface area contributed by atoms with Crippen LogP contribution < -0.4 is 15.4 Å². The van der Waals surface area contributed by atoms with Crippen molar-refractivity contribution < 1.29 is 4.74 Å². The van der Waals surface area contributed by atoms with Crippen LogP contribution in [0.5, 0.6) is 5.75 Å². The van der Waals surface area contributed by atoms with Gasteiger partial charge in [0.05, 0.1) is 6.61 Å². The molecule has 0 aliphatic carbocycles. The van der Waals surface area contributed by atoms with Crippen molar-refractivity contribution in [1.29, 1.82) is 0 Å². The van der Waals surface area contributed by atoms with Crippen LogP contribution in [0.2, 0.25) is 0 Å². The van der Waals surface area contributed by atoms with Crippen molar-refractivity contribution in [2.75, 3.05) is 26.7 Å². The number of nitrogens with zero attached hydrogens (tertiary/aromatic N) is 2. The fourth-order valence-electron chi connectivity index (χ4n) is 3.17. The topological polar surface area (TPSA) is 48.9 Å². The number of hydrogen-bond donors (Lipinski definition) is 2. The first kappa shape index (κ1) is 24.0. The molecule has 0 spiro atoms. The molecule has 1 aliphatic rings. The minimum Gasteiger partial charge on any atom is -0.493 e. The first-order valence-corrected chi connectivity index (χ1v) is 9.91. The van der Waals surface area contributed by atoms with E-state index in [9.17, 15) is 0 Å². The van der Waals surface area contributed by atoms with Crippen LogP contribution in [0.4, 0.5) is 0 Å². The van der Waals surface area contributed by atoms with Crippen LogP contribution in [-0.2, 0) is 6.54 Å². The molecule has 0 radical (unpaired) electrons. The molecule has 1 fully saturated rings. The number of aliphatic imine (C=N–C) groups is 1. The molecule has 0 aromatic heterocycles. The van der Waals surface area contributed by atoms with Crippen molar-refractivity contribution in [2.45, 2.75) is 59.2 Å². The van der Waals surface area contributed by atoms with Crippen LogP contribution in [-0.4, -0.2) is 49.7 Å². The maximum atomic E-state index is 5.94. The van der Waals surface area contributed by atoms with Crippen LogP contribution in [0.15, 0.2) is 29.3 Å². The highest BCUT2D eigenvalue weighted by Crippen LogP contribution is 2.18.